The number of alkyl halides is 1. The number of nitrogens with zero attached hydrogens (tertiary/aromatic N) is 1. The van der Waals surface area contributed by atoms with Crippen LogP contribution in [0.2, 0.25) is 5.02 Å². The third-order valence-corrected chi connectivity index (χ3v) is 5.22. The Hall–Kier alpha value is -0.400. The second-order valence-corrected chi connectivity index (χ2v) is 6.61. The second-order valence-electron chi connectivity index (χ2n) is 4.00. The lowest BCUT2D eigenvalue weighted by Crippen LogP contribution is -2.34. The minimum absolute atomic E-state index is 0.0561. The summed E-state index contributed by atoms with van der Waals surface area (Å²) in [5, 5.41) is 0.128. The van der Waals surface area contributed by atoms with Crippen molar-refractivity contribution in [1.82, 2.24) is 4.31 Å². The molecule has 0 heterocycles. The van der Waals surface area contributed by atoms with Gasteiger partial charge in [0.1, 0.15) is 10.7 Å². The van der Waals surface area contributed by atoms with Gasteiger partial charge in [0.15, 0.2) is 0 Å². The van der Waals surface area contributed by atoms with Crippen molar-refractivity contribution in [2.75, 3.05) is 26.8 Å². The molecule has 0 saturated carbocycles. The molecule has 0 N–H and O–H groups in total. The SMILES string of the molecule is CCN(CCOC)S(=O)(=O)c1cc(Cl)cc(CCl)c1F. The van der Waals surface area contributed by atoms with E-state index in [1.165, 1.54) is 13.2 Å². The number of rotatable bonds is 7. The van der Waals surface area contributed by atoms with Crippen LogP contribution in [0.4, 0.5) is 4.39 Å². The third kappa shape index (κ3) is 3.83. The number of benzene rings is 1. The molecule has 0 radical (unpaired) electrons. The topological polar surface area (TPSA) is 46.6 Å². The molecule has 0 bridgehead atoms. The monoisotopic (exact) mass is 343 g/mol. The molecule has 1 rings (SSSR count). The Morgan fingerprint density at radius 3 is 2.55 bits per heavy atom. The Kier molecular flexibility index (Phi) is 6.68. The molecule has 1 aromatic rings. The highest BCUT2D eigenvalue weighted by Crippen LogP contribution is 2.27. The zero-order chi connectivity index (χ0) is 15.3. The third-order valence-electron chi connectivity index (χ3n) is 2.74. The smallest absolute Gasteiger partial charge is 0.246 e. The lowest BCUT2D eigenvalue weighted by molar-refractivity contribution is 0.180. The minimum Gasteiger partial charge on any atom is -0.383 e. The number of ether oxygens (including phenoxy) is 1. The summed E-state index contributed by atoms with van der Waals surface area (Å²) in [5.41, 5.74) is 0.0561. The lowest BCUT2D eigenvalue weighted by atomic mass is 10.2. The molecular formula is C12H16Cl2FNO3S. The van der Waals surface area contributed by atoms with Crippen molar-refractivity contribution < 1.29 is 17.5 Å². The highest BCUT2D eigenvalue weighted by atomic mass is 35.5. The first-order chi connectivity index (χ1) is 9.38. The van der Waals surface area contributed by atoms with E-state index in [9.17, 15) is 12.8 Å². The van der Waals surface area contributed by atoms with Gasteiger partial charge in [-0.25, -0.2) is 12.8 Å². The molecule has 0 unspecified atom stereocenters. The van der Waals surface area contributed by atoms with Crippen LogP contribution >= 0.6 is 23.2 Å². The van der Waals surface area contributed by atoms with Crippen molar-refractivity contribution in [2.45, 2.75) is 17.7 Å². The van der Waals surface area contributed by atoms with Gasteiger partial charge >= 0.3 is 0 Å². The summed E-state index contributed by atoms with van der Waals surface area (Å²) in [6, 6.07) is 2.41. The van der Waals surface area contributed by atoms with Crippen molar-refractivity contribution >= 4 is 33.2 Å². The molecule has 114 valence electrons. The van der Waals surface area contributed by atoms with E-state index in [1.54, 1.807) is 6.92 Å². The molecule has 0 aliphatic carbocycles. The molecule has 20 heavy (non-hydrogen) atoms. The van der Waals surface area contributed by atoms with Crippen LogP contribution in [-0.4, -0.2) is 39.5 Å². The predicted molar refractivity (Wildman–Crippen MR) is 77.3 cm³/mol. The number of likely N-dealkylation sites (N-methyl/N-ethyl adjacent to an activating group) is 1. The fraction of sp³-hybridized carbons (Fsp3) is 0.500. The summed E-state index contributed by atoms with van der Waals surface area (Å²) in [6.07, 6.45) is 0. The van der Waals surface area contributed by atoms with Crippen LogP contribution in [0, 0.1) is 5.82 Å². The quantitative estimate of drug-likeness (QED) is 0.715. The van der Waals surface area contributed by atoms with Gasteiger partial charge in [0.05, 0.1) is 12.5 Å². The number of halogens is 3. The van der Waals surface area contributed by atoms with Crippen LogP contribution < -0.4 is 0 Å². The normalized spacial score (nSPS) is 12.1. The van der Waals surface area contributed by atoms with Crippen LogP contribution in [0.1, 0.15) is 12.5 Å². The summed E-state index contributed by atoms with van der Waals surface area (Å²) < 4.78 is 45.1. The Labute approximate surface area is 128 Å². The molecule has 0 saturated heterocycles. The molecule has 0 fully saturated rings. The van der Waals surface area contributed by atoms with E-state index in [1.807, 2.05) is 0 Å². The molecule has 0 atom stereocenters. The lowest BCUT2D eigenvalue weighted by Gasteiger charge is -2.21. The van der Waals surface area contributed by atoms with Crippen molar-refractivity contribution in [1.29, 1.82) is 0 Å². The molecule has 1 aromatic carbocycles. The highest BCUT2D eigenvalue weighted by molar-refractivity contribution is 7.89. The van der Waals surface area contributed by atoms with Gasteiger partial charge in [-0.3, -0.25) is 0 Å². The summed E-state index contributed by atoms with van der Waals surface area (Å²) in [6.45, 7) is 2.22. The standard InChI is InChI=1S/C12H16Cl2FNO3S/c1-3-16(4-5-19-2)20(17,18)11-7-10(14)6-9(8-13)12(11)15/h6-7H,3-5,8H2,1-2H3. The van der Waals surface area contributed by atoms with Gasteiger partial charge in [-0.2, -0.15) is 4.31 Å². The molecule has 0 aromatic heterocycles. The van der Waals surface area contributed by atoms with E-state index in [0.717, 1.165) is 10.4 Å². The molecule has 8 heteroatoms. The average Bonchev–Trinajstić information content (AvgIpc) is 2.41. The number of sulfonamides is 1. The van der Waals surface area contributed by atoms with E-state index in [0.29, 0.717) is 0 Å². The maximum Gasteiger partial charge on any atom is 0.246 e. The molecule has 0 aliphatic heterocycles. The first-order valence-electron chi connectivity index (χ1n) is 5.91. The van der Waals surface area contributed by atoms with Crippen LogP contribution in [-0.2, 0) is 20.6 Å². The van der Waals surface area contributed by atoms with Gasteiger partial charge in [-0.1, -0.05) is 18.5 Å². The fourth-order valence-electron chi connectivity index (χ4n) is 1.68. The molecule has 0 amide bonds. The summed E-state index contributed by atoms with van der Waals surface area (Å²) in [4.78, 5) is -0.460. The predicted octanol–water partition coefficient (Wildman–Crippen LogP) is 2.87. The zero-order valence-corrected chi connectivity index (χ0v) is 13.5. The Bertz CT molecular complexity index is 566. The Morgan fingerprint density at radius 2 is 2.05 bits per heavy atom. The van der Waals surface area contributed by atoms with Gasteiger partial charge < -0.3 is 4.74 Å². The summed E-state index contributed by atoms with van der Waals surface area (Å²) >= 11 is 11.4. The van der Waals surface area contributed by atoms with Gasteiger partial charge in [0.2, 0.25) is 10.0 Å². The van der Waals surface area contributed by atoms with Crippen LogP contribution in [0.3, 0.4) is 0 Å². The van der Waals surface area contributed by atoms with Crippen LogP contribution in [0.25, 0.3) is 0 Å². The second kappa shape index (κ2) is 7.56. The Balaban J connectivity index is 3.30. The first-order valence-corrected chi connectivity index (χ1v) is 8.26. The van der Waals surface area contributed by atoms with Gasteiger partial charge in [-0.05, 0) is 12.1 Å². The van der Waals surface area contributed by atoms with Crippen molar-refractivity contribution in [2.24, 2.45) is 0 Å². The van der Waals surface area contributed by atoms with Gasteiger partial charge in [0, 0.05) is 30.8 Å². The minimum atomic E-state index is -3.97. The number of methoxy groups -OCH3 is 1. The number of hydrogen-bond acceptors (Lipinski definition) is 3. The average molecular weight is 344 g/mol. The molecule has 0 aliphatic rings. The maximum atomic E-state index is 14.2. The molecule has 0 spiro atoms. The van der Waals surface area contributed by atoms with Crippen molar-refractivity contribution in [3.63, 3.8) is 0 Å². The van der Waals surface area contributed by atoms with Crippen LogP contribution in [0.15, 0.2) is 17.0 Å². The first kappa shape index (κ1) is 17.7. The fourth-order valence-corrected chi connectivity index (χ4v) is 3.75. The van der Waals surface area contributed by atoms with E-state index < -0.39 is 20.7 Å². The highest BCUT2D eigenvalue weighted by Gasteiger charge is 2.28. The van der Waals surface area contributed by atoms with E-state index in [4.69, 9.17) is 27.9 Å². The summed E-state index contributed by atoms with van der Waals surface area (Å²) in [5.74, 6) is -1.01. The summed E-state index contributed by atoms with van der Waals surface area (Å²) in [7, 11) is -2.51. The van der Waals surface area contributed by atoms with Gasteiger partial charge in [-0.15, -0.1) is 11.6 Å². The Morgan fingerprint density at radius 1 is 1.40 bits per heavy atom. The van der Waals surface area contributed by atoms with Crippen molar-refractivity contribution in [3.8, 4) is 0 Å². The molecular weight excluding hydrogens is 328 g/mol. The van der Waals surface area contributed by atoms with Gasteiger partial charge in [0.25, 0.3) is 0 Å². The van der Waals surface area contributed by atoms with E-state index in [2.05, 4.69) is 0 Å². The van der Waals surface area contributed by atoms with E-state index in [-0.39, 0.29) is 36.2 Å². The largest absolute Gasteiger partial charge is 0.383 e. The molecule has 4 nitrogen and oxygen atoms in total. The number of hydrogen-bond donors (Lipinski definition) is 0. The zero-order valence-electron chi connectivity index (χ0n) is 11.2. The van der Waals surface area contributed by atoms with E-state index >= 15 is 0 Å². The maximum absolute atomic E-state index is 14.2. The van der Waals surface area contributed by atoms with Crippen molar-refractivity contribution in [3.05, 3.63) is 28.5 Å². The van der Waals surface area contributed by atoms with Crippen LogP contribution in [0.5, 0.6) is 0 Å².